The van der Waals surface area contributed by atoms with E-state index in [4.69, 9.17) is 4.74 Å². The minimum absolute atomic E-state index is 0.352. The minimum atomic E-state index is -0.636. The number of carbonyl (C=O) groups is 2. The summed E-state index contributed by atoms with van der Waals surface area (Å²) in [5.74, 6) is -0.468. The first-order valence-electron chi connectivity index (χ1n) is 7.16. The Morgan fingerprint density at radius 2 is 1.83 bits per heavy atom. The van der Waals surface area contributed by atoms with Gasteiger partial charge in [-0.1, -0.05) is 18.2 Å². The summed E-state index contributed by atoms with van der Waals surface area (Å²) in [5, 5.41) is 2.39. The summed E-state index contributed by atoms with van der Waals surface area (Å²) in [5.41, 5.74) is 2.77. The van der Waals surface area contributed by atoms with Crippen LogP contribution in [0, 0.1) is 0 Å². The molecule has 0 unspecified atom stereocenters. The van der Waals surface area contributed by atoms with E-state index in [1.807, 2.05) is 48.5 Å². The van der Waals surface area contributed by atoms with Crippen molar-refractivity contribution in [3.63, 3.8) is 0 Å². The Morgan fingerprint density at radius 3 is 2.48 bits per heavy atom. The predicted octanol–water partition coefficient (Wildman–Crippen LogP) is 2.54. The van der Waals surface area contributed by atoms with E-state index in [2.05, 4.69) is 5.32 Å². The van der Waals surface area contributed by atoms with Gasteiger partial charge in [0, 0.05) is 24.3 Å². The van der Waals surface area contributed by atoms with Crippen LogP contribution in [0.15, 0.2) is 54.7 Å². The number of amides is 1. The van der Waals surface area contributed by atoms with Crippen molar-refractivity contribution in [3.05, 3.63) is 60.4 Å². The molecule has 0 spiro atoms. The van der Waals surface area contributed by atoms with Crippen LogP contribution in [-0.4, -0.2) is 30.2 Å². The molecule has 3 rings (SSSR count). The summed E-state index contributed by atoms with van der Waals surface area (Å²) < 4.78 is 6.89. The summed E-state index contributed by atoms with van der Waals surface area (Å²) in [7, 11) is 3.05. The van der Waals surface area contributed by atoms with Gasteiger partial charge in [-0.15, -0.1) is 0 Å². The second kappa shape index (κ2) is 5.96. The fourth-order valence-corrected chi connectivity index (χ4v) is 2.57. The Kier molecular flexibility index (Phi) is 3.85. The van der Waals surface area contributed by atoms with E-state index in [9.17, 15) is 9.59 Å². The number of hydrogen-bond donors (Lipinski definition) is 1. The predicted molar refractivity (Wildman–Crippen MR) is 87.8 cm³/mol. The van der Waals surface area contributed by atoms with Gasteiger partial charge >= 0.3 is 0 Å². The fourth-order valence-electron chi connectivity index (χ4n) is 2.57. The third kappa shape index (κ3) is 2.57. The molecule has 0 aliphatic carbocycles. The highest BCUT2D eigenvalue weighted by Crippen LogP contribution is 2.29. The number of benzene rings is 1. The minimum Gasteiger partial charge on any atom is -0.497 e. The van der Waals surface area contributed by atoms with Crippen molar-refractivity contribution >= 4 is 17.2 Å². The van der Waals surface area contributed by atoms with Gasteiger partial charge in [0.15, 0.2) is 0 Å². The zero-order valence-electron chi connectivity index (χ0n) is 12.9. The summed E-state index contributed by atoms with van der Waals surface area (Å²) in [4.78, 5) is 24.4. The number of pyridine rings is 1. The number of fused-ring (bicyclic) bond motifs is 1. The quantitative estimate of drug-likeness (QED) is 0.595. The maximum absolute atomic E-state index is 12.5. The second-order valence-corrected chi connectivity index (χ2v) is 5.04. The van der Waals surface area contributed by atoms with Crippen LogP contribution >= 0.6 is 0 Å². The highest BCUT2D eigenvalue weighted by molar-refractivity contribution is 6.43. The number of ketones is 1. The molecule has 116 valence electrons. The highest BCUT2D eigenvalue weighted by atomic mass is 16.5. The molecular weight excluding hydrogens is 292 g/mol. The van der Waals surface area contributed by atoms with Crippen LogP contribution in [0.4, 0.5) is 0 Å². The van der Waals surface area contributed by atoms with Crippen LogP contribution < -0.4 is 10.1 Å². The number of likely N-dealkylation sites (N-methyl/N-ethyl adjacent to an activating group) is 1. The Labute approximate surface area is 133 Å². The molecule has 0 saturated carbocycles. The third-order valence-corrected chi connectivity index (χ3v) is 3.73. The van der Waals surface area contributed by atoms with Gasteiger partial charge < -0.3 is 14.5 Å². The summed E-state index contributed by atoms with van der Waals surface area (Å²) in [6.07, 6.45) is 1.78. The van der Waals surface area contributed by atoms with Crippen molar-refractivity contribution in [1.29, 1.82) is 0 Å². The molecule has 2 aromatic heterocycles. The molecule has 2 heterocycles. The molecule has 1 N–H and O–H groups in total. The number of nitrogens with zero attached hydrogens (tertiary/aromatic N) is 1. The normalized spacial score (nSPS) is 10.5. The molecule has 0 aliphatic rings. The molecule has 0 fully saturated rings. The Balaban J connectivity index is 2.22. The average Bonchev–Trinajstić information content (AvgIpc) is 2.99. The van der Waals surface area contributed by atoms with E-state index in [1.165, 1.54) is 7.05 Å². The molecule has 0 radical (unpaired) electrons. The molecule has 0 aliphatic heterocycles. The smallest absolute Gasteiger partial charge is 0.293 e. The number of ether oxygens (including phenoxy) is 1. The lowest BCUT2D eigenvalue weighted by molar-refractivity contribution is -0.116. The van der Waals surface area contributed by atoms with Crippen LogP contribution in [0.5, 0.6) is 5.75 Å². The fraction of sp³-hybridized carbons (Fsp3) is 0.111. The van der Waals surface area contributed by atoms with Gasteiger partial charge in [-0.25, -0.2) is 0 Å². The van der Waals surface area contributed by atoms with E-state index in [0.29, 0.717) is 11.3 Å². The number of nitrogens with one attached hydrogen (secondary N) is 1. The lowest BCUT2D eigenvalue weighted by atomic mass is 10.0. The molecule has 23 heavy (non-hydrogen) atoms. The first-order valence-corrected chi connectivity index (χ1v) is 7.16. The zero-order chi connectivity index (χ0) is 16.4. The van der Waals surface area contributed by atoms with Crippen molar-refractivity contribution in [2.24, 2.45) is 0 Å². The molecule has 1 amide bonds. The van der Waals surface area contributed by atoms with Crippen LogP contribution in [0.1, 0.15) is 10.5 Å². The van der Waals surface area contributed by atoms with Gasteiger partial charge in [0.25, 0.3) is 11.7 Å². The standard InChI is InChI=1S/C18H16N2O3/c1-19-18(22)17(21)16-15(11-13-5-3-4-10-20(13)16)12-6-8-14(23-2)9-7-12/h3-11H,1-2H3,(H,19,22). The largest absolute Gasteiger partial charge is 0.497 e. The number of hydrogen-bond acceptors (Lipinski definition) is 3. The van der Waals surface area contributed by atoms with Crippen molar-refractivity contribution < 1.29 is 14.3 Å². The number of carbonyl (C=O) groups excluding carboxylic acids is 2. The maximum Gasteiger partial charge on any atom is 0.293 e. The van der Waals surface area contributed by atoms with Gasteiger partial charge in [0.1, 0.15) is 11.4 Å². The van der Waals surface area contributed by atoms with Crippen LogP contribution in [0.25, 0.3) is 16.6 Å². The lowest BCUT2D eigenvalue weighted by Crippen LogP contribution is -2.28. The summed E-state index contributed by atoms with van der Waals surface area (Å²) >= 11 is 0. The van der Waals surface area contributed by atoms with Gasteiger partial charge in [0.2, 0.25) is 0 Å². The van der Waals surface area contributed by atoms with Crippen molar-refractivity contribution in [2.75, 3.05) is 14.2 Å². The molecule has 0 saturated heterocycles. The van der Waals surface area contributed by atoms with Crippen molar-refractivity contribution in [3.8, 4) is 16.9 Å². The van der Waals surface area contributed by atoms with Crippen LogP contribution in [-0.2, 0) is 4.79 Å². The Morgan fingerprint density at radius 1 is 1.09 bits per heavy atom. The van der Waals surface area contributed by atoms with E-state index in [0.717, 1.165) is 16.8 Å². The van der Waals surface area contributed by atoms with E-state index >= 15 is 0 Å². The molecule has 5 heteroatoms. The van der Waals surface area contributed by atoms with E-state index in [1.54, 1.807) is 17.7 Å². The lowest BCUT2D eigenvalue weighted by Gasteiger charge is -2.06. The third-order valence-electron chi connectivity index (χ3n) is 3.73. The van der Waals surface area contributed by atoms with Crippen LogP contribution in [0.2, 0.25) is 0 Å². The van der Waals surface area contributed by atoms with Gasteiger partial charge in [-0.3, -0.25) is 9.59 Å². The molecule has 0 bridgehead atoms. The molecule has 1 aromatic carbocycles. The highest BCUT2D eigenvalue weighted by Gasteiger charge is 2.23. The van der Waals surface area contributed by atoms with Crippen molar-refractivity contribution in [2.45, 2.75) is 0 Å². The topological polar surface area (TPSA) is 59.8 Å². The molecule has 0 atom stereocenters. The maximum atomic E-state index is 12.5. The number of methoxy groups -OCH3 is 1. The van der Waals surface area contributed by atoms with E-state index in [-0.39, 0.29) is 0 Å². The van der Waals surface area contributed by atoms with Crippen molar-refractivity contribution in [1.82, 2.24) is 9.72 Å². The van der Waals surface area contributed by atoms with Gasteiger partial charge in [-0.2, -0.15) is 0 Å². The first kappa shape index (κ1) is 14.8. The zero-order valence-corrected chi connectivity index (χ0v) is 12.9. The second-order valence-electron chi connectivity index (χ2n) is 5.04. The number of Topliss-reactive ketones (excluding diaryl/α,β-unsaturated/α-hetero) is 1. The summed E-state index contributed by atoms with van der Waals surface area (Å²) in [6.45, 7) is 0. The number of rotatable bonds is 4. The first-order chi connectivity index (χ1) is 11.2. The summed E-state index contributed by atoms with van der Waals surface area (Å²) in [6, 6.07) is 14.9. The molecule has 3 aromatic rings. The van der Waals surface area contributed by atoms with Crippen LogP contribution in [0.3, 0.4) is 0 Å². The Hall–Kier alpha value is -3.08. The number of aromatic nitrogens is 1. The van der Waals surface area contributed by atoms with Gasteiger partial charge in [-0.05, 0) is 35.9 Å². The van der Waals surface area contributed by atoms with E-state index < -0.39 is 11.7 Å². The van der Waals surface area contributed by atoms with Gasteiger partial charge in [0.05, 0.1) is 7.11 Å². The average molecular weight is 308 g/mol. The molecule has 5 nitrogen and oxygen atoms in total. The SMILES string of the molecule is CNC(=O)C(=O)c1c(-c2ccc(OC)cc2)cc2ccccn12. The molecular formula is C18H16N2O3. The Bertz CT molecular complexity index is 879. The monoisotopic (exact) mass is 308 g/mol.